The van der Waals surface area contributed by atoms with Crippen LogP contribution in [0.5, 0.6) is 0 Å². The summed E-state index contributed by atoms with van der Waals surface area (Å²) in [5.74, 6) is -0.280. The third kappa shape index (κ3) is 2.90. The van der Waals surface area contributed by atoms with Crippen molar-refractivity contribution in [1.29, 1.82) is 0 Å². The Hall–Kier alpha value is -0.940. The number of carbonyl (C=O) groups excluding carboxylic acids is 1. The summed E-state index contributed by atoms with van der Waals surface area (Å²) >= 11 is 3.25. The number of aliphatic hydroxyl groups is 1. The molecular formula is C13H15BrFNO2. The highest BCUT2D eigenvalue weighted by Crippen LogP contribution is 2.28. The van der Waals surface area contributed by atoms with E-state index in [2.05, 4.69) is 15.9 Å². The first-order valence-electron chi connectivity index (χ1n) is 5.86. The molecule has 0 heterocycles. The Bertz CT molecular complexity index is 460. The summed E-state index contributed by atoms with van der Waals surface area (Å²) in [5, 5.41) is 9.21. The number of rotatable bonds is 3. The number of hydrogen-bond acceptors (Lipinski definition) is 2. The minimum atomic E-state index is -0.422. The molecule has 0 spiro atoms. The van der Waals surface area contributed by atoms with Crippen LogP contribution in [0.2, 0.25) is 0 Å². The van der Waals surface area contributed by atoms with Crippen LogP contribution >= 0.6 is 15.9 Å². The molecule has 0 atom stereocenters. The molecule has 0 radical (unpaired) electrons. The van der Waals surface area contributed by atoms with E-state index in [0.29, 0.717) is 22.5 Å². The van der Waals surface area contributed by atoms with Crippen LogP contribution < -0.4 is 0 Å². The standard InChI is InChI=1S/C13H15BrFNO2/c1-16(7-8-4-10(17)5-8)13(18)11-6-9(15)2-3-12(11)14/h2-3,6,8,10,17H,4-5,7H2,1H3. The number of halogens is 2. The van der Waals surface area contributed by atoms with Crippen molar-refractivity contribution in [2.45, 2.75) is 18.9 Å². The van der Waals surface area contributed by atoms with Crippen molar-refractivity contribution < 1.29 is 14.3 Å². The van der Waals surface area contributed by atoms with Crippen molar-refractivity contribution in [1.82, 2.24) is 4.90 Å². The van der Waals surface area contributed by atoms with Gasteiger partial charge in [0.05, 0.1) is 11.7 Å². The summed E-state index contributed by atoms with van der Waals surface area (Å²) in [6.45, 7) is 0.596. The molecule has 1 aromatic rings. The highest BCUT2D eigenvalue weighted by molar-refractivity contribution is 9.10. The van der Waals surface area contributed by atoms with Gasteiger partial charge in [0.15, 0.2) is 0 Å². The van der Waals surface area contributed by atoms with Gasteiger partial charge < -0.3 is 10.0 Å². The van der Waals surface area contributed by atoms with Crippen LogP contribution in [0.25, 0.3) is 0 Å². The van der Waals surface area contributed by atoms with Crippen molar-refractivity contribution >= 4 is 21.8 Å². The quantitative estimate of drug-likeness (QED) is 0.930. The van der Waals surface area contributed by atoms with Crippen LogP contribution in [0, 0.1) is 11.7 Å². The Morgan fingerprint density at radius 1 is 1.56 bits per heavy atom. The molecule has 1 aliphatic rings. The van der Waals surface area contributed by atoms with Crippen LogP contribution in [0.3, 0.4) is 0 Å². The van der Waals surface area contributed by atoms with E-state index in [4.69, 9.17) is 0 Å². The van der Waals surface area contributed by atoms with Crippen molar-refractivity contribution in [3.05, 3.63) is 34.1 Å². The molecule has 98 valence electrons. The topological polar surface area (TPSA) is 40.5 Å². The maximum absolute atomic E-state index is 13.1. The average Bonchev–Trinajstić information content (AvgIpc) is 2.29. The lowest BCUT2D eigenvalue weighted by molar-refractivity contribution is 0.0265. The number of amides is 1. The van der Waals surface area contributed by atoms with Gasteiger partial charge in [-0.25, -0.2) is 4.39 Å². The molecule has 5 heteroatoms. The fourth-order valence-corrected chi connectivity index (χ4v) is 2.60. The summed E-state index contributed by atoms with van der Waals surface area (Å²) in [7, 11) is 1.70. The lowest BCUT2D eigenvalue weighted by atomic mass is 9.82. The first kappa shape index (κ1) is 13.5. The van der Waals surface area contributed by atoms with Gasteiger partial charge in [0.2, 0.25) is 0 Å². The van der Waals surface area contributed by atoms with E-state index in [1.165, 1.54) is 18.2 Å². The second kappa shape index (κ2) is 5.36. The zero-order chi connectivity index (χ0) is 13.3. The second-order valence-corrected chi connectivity index (χ2v) is 5.66. The lowest BCUT2D eigenvalue weighted by Gasteiger charge is -2.34. The Kier molecular flexibility index (Phi) is 4.02. The van der Waals surface area contributed by atoms with Crippen LogP contribution in [0.4, 0.5) is 4.39 Å². The van der Waals surface area contributed by atoms with E-state index in [-0.39, 0.29) is 12.0 Å². The summed E-state index contributed by atoms with van der Waals surface area (Å²) in [5.41, 5.74) is 0.331. The predicted molar refractivity (Wildman–Crippen MR) is 69.8 cm³/mol. The molecule has 2 rings (SSSR count). The zero-order valence-corrected chi connectivity index (χ0v) is 11.7. The summed E-state index contributed by atoms with van der Waals surface area (Å²) in [6.07, 6.45) is 1.25. The smallest absolute Gasteiger partial charge is 0.254 e. The second-order valence-electron chi connectivity index (χ2n) is 4.80. The maximum Gasteiger partial charge on any atom is 0.254 e. The molecule has 18 heavy (non-hydrogen) atoms. The first-order chi connectivity index (χ1) is 8.47. The summed E-state index contributed by atoms with van der Waals surface area (Å²) in [4.78, 5) is 13.7. The number of aliphatic hydroxyl groups excluding tert-OH is 1. The number of nitrogens with zero attached hydrogens (tertiary/aromatic N) is 1. The zero-order valence-electron chi connectivity index (χ0n) is 10.1. The molecule has 1 amide bonds. The molecule has 3 nitrogen and oxygen atoms in total. The van der Waals surface area contributed by atoms with E-state index in [9.17, 15) is 14.3 Å². The van der Waals surface area contributed by atoms with Crippen molar-refractivity contribution in [3.63, 3.8) is 0 Å². The van der Waals surface area contributed by atoms with Crippen LogP contribution in [0.15, 0.2) is 22.7 Å². The maximum atomic E-state index is 13.1. The molecular weight excluding hydrogens is 301 g/mol. The molecule has 0 unspecified atom stereocenters. The van der Waals surface area contributed by atoms with Gasteiger partial charge in [0, 0.05) is 18.1 Å². The van der Waals surface area contributed by atoms with Gasteiger partial charge in [0.1, 0.15) is 5.82 Å². The highest BCUT2D eigenvalue weighted by Gasteiger charge is 2.29. The van der Waals surface area contributed by atoms with E-state index >= 15 is 0 Å². The fraction of sp³-hybridized carbons (Fsp3) is 0.462. The minimum absolute atomic E-state index is 0.206. The SMILES string of the molecule is CN(CC1CC(O)C1)C(=O)c1cc(F)ccc1Br. The molecule has 0 aliphatic heterocycles. The molecule has 0 aromatic heterocycles. The van der Waals surface area contributed by atoms with Gasteiger partial charge in [0.25, 0.3) is 5.91 Å². The molecule has 1 aliphatic carbocycles. The molecule has 1 fully saturated rings. The first-order valence-corrected chi connectivity index (χ1v) is 6.65. The number of hydrogen-bond donors (Lipinski definition) is 1. The Balaban J connectivity index is 2.03. The van der Waals surface area contributed by atoms with Gasteiger partial charge in [-0.05, 0) is 52.9 Å². The molecule has 1 N–H and O–H groups in total. The number of benzene rings is 1. The van der Waals surface area contributed by atoms with Gasteiger partial charge in [-0.2, -0.15) is 0 Å². The lowest BCUT2D eigenvalue weighted by Crippen LogP contribution is -2.39. The predicted octanol–water partition coefficient (Wildman–Crippen LogP) is 2.43. The van der Waals surface area contributed by atoms with E-state index in [1.807, 2.05) is 0 Å². The third-order valence-corrected chi connectivity index (χ3v) is 3.94. The molecule has 1 aromatic carbocycles. The normalized spacial score (nSPS) is 22.4. The van der Waals surface area contributed by atoms with Crippen molar-refractivity contribution in [3.8, 4) is 0 Å². The van der Waals surface area contributed by atoms with Crippen molar-refractivity contribution in [2.75, 3.05) is 13.6 Å². The van der Waals surface area contributed by atoms with E-state index in [0.717, 1.165) is 12.8 Å². The van der Waals surface area contributed by atoms with E-state index < -0.39 is 5.82 Å². The fourth-order valence-electron chi connectivity index (χ4n) is 2.19. The third-order valence-electron chi connectivity index (χ3n) is 3.25. The van der Waals surface area contributed by atoms with Gasteiger partial charge in [-0.1, -0.05) is 0 Å². The summed E-state index contributed by atoms with van der Waals surface area (Å²) < 4.78 is 13.7. The molecule has 0 saturated heterocycles. The largest absolute Gasteiger partial charge is 0.393 e. The Morgan fingerprint density at radius 2 is 2.22 bits per heavy atom. The Morgan fingerprint density at radius 3 is 2.83 bits per heavy atom. The minimum Gasteiger partial charge on any atom is -0.393 e. The number of carbonyl (C=O) groups is 1. The highest BCUT2D eigenvalue weighted by atomic mass is 79.9. The monoisotopic (exact) mass is 315 g/mol. The van der Waals surface area contributed by atoms with Crippen molar-refractivity contribution in [2.24, 2.45) is 5.92 Å². The Labute approximate surface area is 114 Å². The molecule has 0 bridgehead atoms. The van der Waals surface area contributed by atoms with Crippen LogP contribution in [0.1, 0.15) is 23.2 Å². The van der Waals surface area contributed by atoms with Gasteiger partial charge in [-0.15, -0.1) is 0 Å². The summed E-state index contributed by atoms with van der Waals surface area (Å²) in [6, 6.07) is 4.07. The van der Waals surface area contributed by atoms with E-state index in [1.54, 1.807) is 11.9 Å². The van der Waals surface area contributed by atoms with Crippen LogP contribution in [-0.2, 0) is 0 Å². The van der Waals surface area contributed by atoms with Gasteiger partial charge in [-0.3, -0.25) is 4.79 Å². The van der Waals surface area contributed by atoms with Crippen LogP contribution in [-0.4, -0.2) is 35.6 Å². The van der Waals surface area contributed by atoms with Gasteiger partial charge >= 0.3 is 0 Å². The average molecular weight is 316 g/mol. The molecule has 1 saturated carbocycles.